The van der Waals surface area contributed by atoms with Gasteiger partial charge in [0.05, 0.1) is 10.3 Å². The van der Waals surface area contributed by atoms with E-state index in [1.165, 1.54) is 48.4 Å². The summed E-state index contributed by atoms with van der Waals surface area (Å²) in [6.07, 6.45) is 0.0461. The maximum Gasteiger partial charge on any atom is 0.269 e. The zero-order valence-electron chi connectivity index (χ0n) is 11.5. The van der Waals surface area contributed by atoms with Gasteiger partial charge in [0.25, 0.3) is 11.6 Å². The Morgan fingerprint density at radius 1 is 1.15 bits per heavy atom. The summed E-state index contributed by atoms with van der Waals surface area (Å²) in [6, 6.07) is 5.75. The number of rotatable bonds is 2. The zero-order valence-corrected chi connectivity index (χ0v) is 11.5. The van der Waals surface area contributed by atoms with E-state index >= 15 is 0 Å². The first-order valence-electron chi connectivity index (χ1n) is 6.07. The van der Waals surface area contributed by atoms with Crippen molar-refractivity contribution in [3.05, 3.63) is 39.9 Å². The average Bonchev–Trinajstić information content (AvgIpc) is 2.43. The number of hydrazine groups is 1. The van der Waals surface area contributed by atoms with Gasteiger partial charge >= 0.3 is 0 Å². The molecule has 7 nitrogen and oxygen atoms in total. The Labute approximate surface area is 115 Å². The number of hydrogen-bond donors (Lipinski definition) is 0. The number of amides is 2. The highest BCUT2D eigenvalue weighted by Gasteiger charge is 2.46. The Morgan fingerprint density at radius 3 is 2.20 bits per heavy atom. The van der Waals surface area contributed by atoms with Crippen LogP contribution in [0.3, 0.4) is 0 Å². The third kappa shape index (κ3) is 2.01. The van der Waals surface area contributed by atoms with E-state index in [9.17, 15) is 19.7 Å². The van der Waals surface area contributed by atoms with Crippen LogP contribution in [0.5, 0.6) is 0 Å². The minimum absolute atomic E-state index is 0.0441. The molecule has 1 atom stereocenters. The molecule has 0 bridgehead atoms. The van der Waals surface area contributed by atoms with Crippen molar-refractivity contribution in [1.82, 2.24) is 10.0 Å². The second-order valence-electron chi connectivity index (χ2n) is 5.06. The Balaban J connectivity index is 2.41. The molecule has 2 rings (SSSR count). The van der Waals surface area contributed by atoms with Crippen LogP contribution in [0.15, 0.2) is 24.3 Å². The third-order valence-electron chi connectivity index (χ3n) is 3.80. The van der Waals surface area contributed by atoms with Crippen LogP contribution < -0.4 is 0 Å². The molecule has 106 valence electrons. The number of benzene rings is 1. The predicted octanol–water partition coefficient (Wildman–Crippen LogP) is 1.09. The summed E-state index contributed by atoms with van der Waals surface area (Å²) in [5, 5.41) is 13.2. The number of nitrogens with zero attached hydrogens (tertiary/aromatic N) is 3. The highest BCUT2D eigenvalue weighted by atomic mass is 16.6. The molecule has 1 aliphatic heterocycles. The number of carbonyl (C=O) groups is 2. The molecule has 0 spiro atoms. The smallest absolute Gasteiger partial charge is 0.269 e. The largest absolute Gasteiger partial charge is 0.273 e. The lowest BCUT2D eigenvalue weighted by Gasteiger charge is -2.42. The molecular weight excluding hydrogens is 262 g/mol. The number of nitro benzene ring substituents is 1. The first-order valence-corrected chi connectivity index (χ1v) is 6.07. The number of carbonyl (C=O) groups excluding carboxylic acids is 2. The molecule has 0 saturated carbocycles. The summed E-state index contributed by atoms with van der Waals surface area (Å²) < 4.78 is 0. The molecule has 1 fully saturated rings. The lowest BCUT2D eigenvalue weighted by atomic mass is 9.77. The molecule has 20 heavy (non-hydrogen) atoms. The fraction of sp³-hybridized carbons (Fsp3) is 0.385. The van der Waals surface area contributed by atoms with Crippen molar-refractivity contribution < 1.29 is 14.5 Å². The van der Waals surface area contributed by atoms with E-state index in [2.05, 4.69) is 0 Å². The van der Waals surface area contributed by atoms with E-state index in [1.54, 1.807) is 6.92 Å². The first kappa shape index (κ1) is 14.0. The SMILES string of the molecule is CN1C(=O)CC(C)(c2ccc([N+](=O)[O-])cc2)C(=O)N1C. The highest BCUT2D eigenvalue weighted by molar-refractivity contribution is 5.97. The molecule has 1 unspecified atom stereocenters. The van der Waals surface area contributed by atoms with Gasteiger partial charge in [0.2, 0.25) is 5.91 Å². The normalized spacial score (nSPS) is 23.1. The molecule has 7 heteroatoms. The average molecular weight is 277 g/mol. The van der Waals surface area contributed by atoms with Gasteiger partial charge in [0.1, 0.15) is 0 Å². The van der Waals surface area contributed by atoms with Crippen LogP contribution in [0, 0.1) is 10.1 Å². The van der Waals surface area contributed by atoms with Crippen LogP contribution in [0.25, 0.3) is 0 Å². The number of hydrogen-bond acceptors (Lipinski definition) is 4. The van der Waals surface area contributed by atoms with Crippen molar-refractivity contribution in [2.45, 2.75) is 18.8 Å². The Bertz CT molecular complexity index is 584. The van der Waals surface area contributed by atoms with E-state index in [0.29, 0.717) is 5.56 Å². The van der Waals surface area contributed by atoms with Crippen molar-refractivity contribution in [2.75, 3.05) is 14.1 Å². The van der Waals surface area contributed by atoms with E-state index < -0.39 is 10.3 Å². The van der Waals surface area contributed by atoms with Crippen LogP contribution in [0.1, 0.15) is 18.9 Å². The highest BCUT2D eigenvalue weighted by Crippen LogP contribution is 2.34. The van der Waals surface area contributed by atoms with Crippen LogP contribution >= 0.6 is 0 Å². The van der Waals surface area contributed by atoms with Crippen LogP contribution in [-0.2, 0) is 15.0 Å². The third-order valence-corrected chi connectivity index (χ3v) is 3.80. The molecule has 0 aliphatic carbocycles. The molecule has 1 aromatic carbocycles. The molecule has 0 radical (unpaired) electrons. The van der Waals surface area contributed by atoms with E-state index in [-0.39, 0.29) is 23.9 Å². The van der Waals surface area contributed by atoms with Gasteiger partial charge in [-0.05, 0) is 12.5 Å². The predicted molar refractivity (Wildman–Crippen MR) is 70.6 cm³/mol. The number of nitro groups is 1. The topological polar surface area (TPSA) is 83.8 Å². The first-order chi connectivity index (χ1) is 9.27. The molecule has 2 amide bonds. The van der Waals surface area contributed by atoms with Crippen LogP contribution in [0.2, 0.25) is 0 Å². The summed E-state index contributed by atoms with van der Waals surface area (Å²) >= 11 is 0. The van der Waals surface area contributed by atoms with Gasteiger partial charge in [-0.2, -0.15) is 0 Å². The van der Waals surface area contributed by atoms with Crippen LogP contribution in [0.4, 0.5) is 5.69 Å². The molecule has 1 aliphatic rings. The maximum atomic E-state index is 12.4. The maximum absolute atomic E-state index is 12.4. The Morgan fingerprint density at radius 2 is 1.70 bits per heavy atom. The molecule has 0 N–H and O–H groups in total. The van der Waals surface area contributed by atoms with Gasteiger partial charge in [-0.1, -0.05) is 12.1 Å². The quantitative estimate of drug-likeness (QED) is 0.598. The standard InChI is InChI=1S/C13H15N3O4/c1-13(8-11(17)14(2)15(3)12(13)18)9-4-6-10(7-5-9)16(19)20/h4-7H,8H2,1-3H3. The molecule has 0 aromatic heterocycles. The second-order valence-corrected chi connectivity index (χ2v) is 5.06. The summed E-state index contributed by atoms with van der Waals surface area (Å²) in [4.78, 5) is 34.5. The fourth-order valence-corrected chi connectivity index (χ4v) is 2.33. The van der Waals surface area contributed by atoms with Crippen molar-refractivity contribution in [3.63, 3.8) is 0 Å². The van der Waals surface area contributed by atoms with E-state index in [0.717, 1.165) is 0 Å². The summed E-state index contributed by atoms with van der Waals surface area (Å²) in [6.45, 7) is 1.68. The molecule has 1 aromatic rings. The Hall–Kier alpha value is -2.44. The molecule has 1 heterocycles. The number of non-ortho nitro benzene ring substituents is 1. The van der Waals surface area contributed by atoms with Crippen molar-refractivity contribution in [1.29, 1.82) is 0 Å². The van der Waals surface area contributed by atoms with Gasteiger partial charge < -0.3 is 0 Å². The monoisotopic (exact) mass is 277 g/mol. The molecule has 1 saturated heterocycles. The summed E-state index contributed by atoms with van der Waals surface area (Å²) in [5.74, 6) is -0.388. The molecular formula is C13H15N3O4. The summed E-state index contributed by atoms with van der Waals surface area (Å²) in [7, 11) is 3.07. The second kappa shape index (κ2) is 4.59. The van der Waals surface area contributed by atoms with Crippen molar-refractivity contribution in [2.24, 2.45) is 0 Å². The van der Waals surface area contributed by atoms with Gasteiger partial charge in [0, 0.05) is 32.6 Å². The van der Waals surface area contributed by atoms with E-state index in [1.807, 2.05) is 0 Å². The van der Waals surface area contributed by atoms with Crippen LogP contribution in [-0.4, -0.2) is 40.9 Å². The van der Waals surface area contributed by atoms with Gasteiger partial charge in [-0.15, -0.1) is 0 Å². The lowest BCUT2D eigenvalue weighted by Crippen LogP contribution is -2.58. The van der Waals surface area contributed by atoms with E-state index in [4.69, 9.17) is 0 Å². The summed E-state index contributed by atoms with van der Waals surface area (Å²) in [5.41, 5.74) is -0.438. The Kier molecular flexibility index (Phi) is 3.21. The van der Waals surface area contributed by atoms with Gasteiger partial charge in [-0.25, -0.2) is 0 Å². The van der Waals surface area contributed by atoms with Gasteiger partial charge in [0.15, 0.2) is 0 Å². The van der Waals surface area contributed by atoms with Crippen molar-refractivity contribution >= 4 is 17.5 Å². The van der Waals surface area contributed by atoms with Crippen molar-refractivity contribution in [3.8, 4) is 0 Å². The minimum Gasteiger partial charge on any atom is -0.273 e. The zero-order chi connectivity index (χ0) is 15.1. The fourth-order valence-electron chi connectivity index (χ4n) is 2.33. The van der Waals surface area contributed by atoms with Gasteiger partial charge in [-0.3, -0.25) is 29.7 Å². The number of likely N-dealkylation sites (N-methyl/N-ethyl adjacent to an activating group) is 1. The minimum atomic E-state index is -0.993. The lowest BCUT2D eigenvalue weighted by molar-refractivity contribution is -0.384.